The van der Waals surface area contributed by atoms with Crippen molar-refractivity contribution in [3.63, 3.8) is 0 Å². The van der Waals surface area contributed by atoms with E-state index in [1.807, 2.05) is 31.0 Å². The first kappa shape index (κ1) is 21.9. The number of rotatable bonds is 5. The van der Waals surface area contributed by atoms with Gasteiger partial charge in [-0.05, 0) is 38.3 Å². The summed E-state index contributed by atoms with van der Waals surface area (Å²) in [5, 5.41) is 8.08. The lowest BCUT2D eigenvalue weighted by molar-refractivity contribution is -0.132. The Kier molecular flexibility index (Phi) is 10.1. The Hall–Kier alpha value is -1.11. The molecular weight excluding hydrogens is 337 g/mol. The van der Waals surface area contributed by atoms with Crippen molar-refractivity contribution in [2.45, 2.75) is 44.7 Å². The molecule has 0 aromatic carbocycles. The summed E-state index contributed by atoms with van der Waals surface area (Å²) < 4.78 is 0. The number of hydrogen-bond acceptors (Lipinski definition) is 5. The predicted octanol–water partition coefficient (Wildman–Crippen LogP) is 1.87. The maximum atomic E-state index is 12.2. The second-order valence-corrected chi connectivity index (χ2v) is 5.84. The third-order valence-electron chi connectivity index (χ3n) is 4.03. The molecule has 0 aliphatic carbocycles. The number of carbonyl (C=O) groups is 1. The number of anilines is 1. The van der Waals surface area contributed by atoms with Crippen molar-refractivity contribution in [3.8, 4) is 0 Å². The molecule has 0 spiro atoms. The van der Waals surface area contributed by atoms with E-state index in [1.54, 1.807) is 6.20 Å². The van der Waals surface area contributed by atoms with Crippen molar-refractivity contribution >= 4 is 36.5 Å². The van der Waals surface area contributed by atoms with Gasteiger partial charge in [0, 0.05) is 44.8 Å². The number of amides is 1. The first-order valence-electron chi connectivity index (χ1n) is 7.62. The van der Waals surface area contributed by atoms with Gasteiger partial charge in [-0.25, -0.2) is 0 Å². The third-order valence-corrected chi connectivity index (χ3v) is 4.03. The van der Waals surface area contributed by atoms with Crippen LogP contribution in [-0.2, 0) is 4.79 Å². The number of nitrogens with zero attached hydrogens (tertiary/aromatic N) is 4. The van der Waals surface area contributed by atoms with Crippen LogP contribution in [0.2, 0.25) is 0 Å². The molecule has 0 radical (unpaired) electrons. The SMILES string of the molecule is CC(N)CCC(=O)N(C)C1CCCN(c2cccnn2)C1.Cl.Cl. The average molecular weight is 364 g/mol. The highest BCUT2D eigenvalue weighted by Crippen LogP contribution is 2.20. The summed E-state index contributed by atoms with van der Waals surface area (Å²) in [4.78, 5) is 16.3. The predicted molar refractivity (Wildman–Crippen MR) is 97.4 cm³/mol. The highest BCUT2D eigenvalue weighted by atomic mass is 35.5. The maximum absolute atomic E-state index is 12.2. The molecule has 0 bridgehead atoms. The fraction of sp³-hybridized carbons (Fsp3) is 0.667. The van der Waals surface area contributed by atoms with Gasteiger partial charge in [-0.15, -0.1) is 29.9 Å². The van der Waals surface area contributed by atoms with E-state index >= 15 is 0 Å². The molecule has 1 fully saturated rings. The van der Waals surface area contributed by atoms with Gasteiger partial charge >= 0.3 is 0 Å². The standard InChI is InChI=1S/C15H25N5O.2ClH/c1-12(16)7-8-15(21)19(2)13-5-4-10-20(11-13)14-6-3-9-17-18-14;;/h3,6,9,12-13H,4-5,7-8,10-11,16H2,1-2H3;2*1H. The van der Waals surface area contributed by atoms with E-state index < -0.39 is 0 Å². The lowest BCUT2D eigenvalue weighted by Gasteiger charge is -2.38. The summed E-state index contributed by atoms with van der Waals surface area (Å²) in [6.07, 6.45) is 5.04. The molecule has 8 heteroatoms. The highest BCUT2D eigenvalue weighted by molar-refractivity contribution is 5.85. The Morgan fingerprint density at radius 1 is 1.52 bits per heavy atom. The van der Waals surface area contributed by atoms with Crippen LogP contribution in [0.4, 0.5) is 5.82 Å². The van der Waals surface area contributed by atoms with Crippen LogP contribution in [0.25, 0.3) is 0 Å². The van der Waals surface area contributed by atoms with Crippen LogP contribution in [0.5, 0.6) is 0 Å². The van der Waals surface area contributed by atoms with Crippen molar-refractivity contribution in [2.75, 3.05) is 25.0 Å². The van der Waals surface area contributed by atoms with E-state index in [9.17, 15) is 4.79 Å². The first-order chi connectivity index (χ1) is 10.1. The zero-order chi connectivity index (χ0) is 15.2. The molecule has 1 aliphatic rings. The molecule has 6 nitrogen and oxygen atoms in total. The zero-order valence-corrected chi connectivity index (χ0v) is 15.4. The van der Waals surface area contributed by atoms with Gasteiger partial charge in [0.25, 0.3) is 0 Å². The van der Waals surface area contributed by atoms with Gasteiger partial charge < -0.3 is 15.5 Å². The van der Waals surface area contributed by atoms with Gasteiger partial charge in [0.15, 0.2) is 5.82 Å². The van der Waals surface area contributed by atoms with Gasteiger partial charge in [-0.2, -0.15) is 5.10 Å². The average Bonchev–Trinajstić information content (AvgIpc) is 2.52. The van der Waals surface area contributed by atoms with Crippen molar-refractivity contribution in [1.29, 1.82) is 0 Å². The molecule has 2 atom stereocenters. The van der Waals surface area contributed by atoms with Crippen molar-refractivity contribution in [1.82, 2.24) is 15.1 Å². The van der Waals surface area contributed by atoms with Crippen molar-refractivity contribution in [3.05, 3.63) is 18.3 Å². The van der Waals surface area contributed by atoms with Gasteiger partial charge in [0.2, 0.25) is 5.91 Å². The Morgan fingerprint density at radius 2 is 2.26 bits per heavy atom. The summed E-state index contributed by atoms with van der Waals surface area (Å²) in [7, 11) is 1.90. The number of likely N-dealkylation sites (N-methyl/N-ethyl adjacent to an activating group) is 1. The lowest BCUT2D eigenvalue weighted by Crippen LogP contribution is -2.49. The van der Waals surface area contributed by atoms with Gasteiger partial charge in [-0.3, -0.25) is 4.79 Å². The summed E-state index contributed by atoms with van der Waals surface area (Å²) in [6.45, 7) is 3.72. The van der Waals surface area contributed by atoms with Crippen LogP contribution in [-0.4, -0.2) is 53.2 Å². The number of piperidine rings is 1. The minimum atomic E-state index is 0. The summed E-state index contributed by atoms with van der Waals surface area (Å²) >= 11 is 0. The van der Waals surface area contributed by atoms with Crippen molar-refractivity contribution in [2.24, 2.45) is 5.73 Å². The van der Waals surface area contributed by atoms with Crippen LogP contribution in [0.15, 0.2) is 18.3 Å². The van der Waals surface area contributed by atoms with Gasteiger partial charge in [0.05, 0.1) is 0 Å². The quantitative estimate of drug-likeness (QED) is 0.863. The number of nitrogens with two attached hydrogens (primary N) is 1. The van der Waals surface area contributed by atoms with E-state index in [0.29, 0.717) is 6.42 Å². The van der Waals surface area contributed by atoms with Crippen molar-refractivity contribution < 1.29 is 4.79 Å². The normalized spacial score (nSPS) is 18.4. The molecule has 2 rings (SSSR count). The van der Waals surface area contributed by atoms with Crippen LogP contribution < -0.4 is 10.6 Å². The van der Waals surface area contributed by atoms with E-state index in [0.717, 1.165) is 38.2 Å². The molecule has 2 unspecified atom stereocenters. The molecule has 23 heavy (non-hydrogen) atoms. The Morgan fingerprint density at radius 3 is 2.87 bits per heavy atom. The summed E-state index contributed by atoms with van der Waals surface area (Å²) in [5.74, 6) is 1.07. The minimum absolute atomic E-state index is 0. The highest BCUT2D eigenvalue weighted by Gasteiger charge is 2.26. The van der Waals surface area contributed by atoms with Crippen LogP contribution in [0.3, 0.4) is 0 Å². The molecule has 132 valence electrons. The molecule has 1 aromatic heterocycles. The zero-order valence-electron chi connectivity index (χ0n) is 13.7. The summed E-state index contributed by atoms with van der Waals surface area (Å²) in [6, 6.07) is 4.17. The number of aromatic nitrogens is 2. The lowest BCUT2D eigenvalue weighted by atomic mass is 10.0. The van der Waals surface area contributed by atoms with Crippen LogP contribution in [0, 0.1) is 0 Å². The maximum Gasteiger partial charge on any atom is 0.222 e. The van der Waals surface area contributed by atoms with E-state index in [2.05, 4.69) is 15.1 Å². The molecule has 1 saturated heterocycles. The largest absolute Gasteiger partial charge is 0.353 e. The molecule has 0 saturated carbocycles. The monoisotopic (exact) mass is 363 g/mol. The second-order valence-electron chi connectivity index (χ2n) is 5.84. The van der Waals surface area contributed by atoms with Crippen LogP contribution >= 0.6 is 24.8 Å². The molecule has 1 amide bonds. The molecular formula is C15H27Cl2N5O. The smallest absolute Gasteiger partial charge is 0.222 e. The fourth-order valence-electron chi connectivity index (χ4n) is 2.67. The Labute approximate surface area is 150 Å². The summed E-state index contributed by atoms with van der Waals surface area (Å²) in [5.41, 5.74) is 5.72. The van der Waals surface area contributed by atoms with E-state index in [4.69, 9.17) is 5.73 Å². The van der Waals surface area contributed by atoms with E-state index in [-0.39, 0.29) is 42.8 Å². The Bertz CT molecular complexity index is 460. The Balaban J connectivity index is 0.00000242. The molecule has 2 heterocycles. The van der Waals surface area contributed by atoms with E-state index in [1.165, 1.54) is 0 Å². The second kappa shape index (κ2) is 10.6. The van der Waals surface area contributed by atoms with Gasteiger partial charge in [0.1, 0.15) is 0 Å². The molecule has 1 aliphatic heterocycles. The topological polar surface area (TPSA) is 75.4 Å². The number of halogens is 2. The first-order valence-corrected chi connectivity index (χ1v) is 7.62. The third kappa shape index (κ3) is 6.49. The van der Waals surface area contributed by atoms with Gasteiger partial charge in [-0.1, -0.05) is 0 Å². The number of hydrogen-bond donors (Lipinski definition) is 1. The van der Waals surface area contributed by atoms with Crippen LogP contribution in [0.1, 0.15) is 32.6 Å². The molecule has 2 N–H and O–H groups in total. The number of carbonyl (C=O) groups excluding carboxylic acids is 1. The molecule has 1 aromatic rings. The minimum Gasteiger partial charge on any atom is -0.353 e. The fourth-order valence-corrected chi connectivity index (χ4v) is 2.67.